The number of methoxy groups -OCH3 is 4. The normalized spacial score (nSPS) is 10.2. The van der Waals surface area contributed by atoms with Crippen LogP contribution in [0.3, 0.4) is 0 Å². The van der Waals surface area contributed by atoms with E-state index in [9.17, 15) is 4.79 Å². The minimum absolute atomic E-state index is 0.0924. The van der Waals surface area contributed by atoms with Crippen LogP contribution < -0.4 is 24.3 Å². The van der Waals surface area contributed by atoms with Crippen LogP contribution in [0.25, 0.3) is 0 Å². The number of rotatable bonds is 8. The molecule has 0 aliphatic rings. The molecule has 0 fully saturated rings. The second kappa shape index (κ2) is 8.99. The van der Waals surface area contributed by atoms with E-state index < -0.39 is 0 Å². The van der Waals surface area contributed by atoms with Crippen molar-refractivity contribution in [1.82, 2.24) is 0 Å². The van der Waals surface area contributed by atoms with Gasteiger partial charge in [0.25, 0.3) is 0 Å². The van der Waals surface area contributed by atoms with E-state index in [1.807, 2.05) is 31.2 Å². The Bertz CT molecular complexity index is 773. The zero-order valence-corrected chi connectivity index (χ0v) is 15.8. The molecule has 1 N–H and O–H groups in total. The highest BCUT2D eigenvalue weighted by atomic mass is 16.5. The van der Waals surface area contributed by atoms with E-state index in [0.717, 1.165) is 22.6 Å². The van der Waals surface area contributed by atoms with Gasteiger partial charge >= 0.3 is 0 Å². The second-order valence-corrected chi connectivity index (χ2v) is 5.75. The van der Waals surface area contributed by atoms with Gasteiger partial charge in [-0.2, -0.15) is 0 Å². The summed E-state index contributed by atoms with van der Waals surface area (Å²) < 4.78 is 21.1. The molecule has 0 aliphatic carbocycles. The number of hydrogen-bond donors (Lipinski definition) is 1. The molecule has 140 valence electrons. The maximum absolute atomic E-state index is 12.4. The Balaban J connectivity index is 2.08. The standard InChI is InChI=1S/C20H25NO5/c1-13-10-18(25-4)19(26-5)12-16(13)21-20(22)9-6-14-11-15(23-2)7-8-17(14)24-3/h7-8,10-12H,6,9H2,1-5H3,(H,21,22). The van der Waals surface area contributed by atoms with Crippen LogP contribution in [0.15, 0.2) is 30.3 Å². The summed E-state index contributed by atoms with van der Waals surface area (Å²) in [5.74, 6) is 2.58. The fourth-order valence-corrected chi connectivity index (χ4v) is 2.65. The van der Waals surface area contributed by atoms with Crippen molar-refractivity contribution in [3.8, 4) is 23.0 Å². The first-order valence-electron chi connectivity index (χ1n) is 8.25. The van der Waals surface area contributed by atoms with E-state index in [4.69, 9.17) is 18.9 Å². The van der Waals surface area contributed by atoms with Crippen LogP contribution in [0.5, 0.6) is 23.0 Å². The molecule has 2 aromatic carbocycles. The number of nitrogens with one attached hydrogen (secondary N) is 1. The van der Waals surface area contributed by atoms with Gasteiger partial charge in [-0.25, -0.2) is 0 Å². The van der Waals surface area contributed by atoms with Crippen LogP contribution in [0.1, 0.15) is 17.5 Å². The Hall–Kier alpha value is -2.89. The van der Waals surface area contributed by atoms with Gasteiger partial charge in [-0.1, -0.05) is 0 Å². The summed E-state index contributed by atoms with van der Waals surface area (Å²) in [5.41, 5.74) is 2.52. The van der Waals surface area contributed by atoms with E-state index in [2.05, 4.69) is 5.32 Å². The Kier molecular flexibility index (Phi) is 6.72. The molecule has 0 heterocycles. The first-order valence-corrected chi connectivity index (χ1v) is 8.25. The molecule has 0 bridgehead atoms. The molecule has 0 aliphatic heterocycles. The van der Waals surface area contributed by atoms with E-state index in [0.29, 0.717) is 30.0 Å². The van der Waals surface area contributed by atoms with Gasteiger partial charge in [-0.3, -0.25) is 4.79 Å². The number of ether oxygens (including phenoxy) is 4. The highest BCUT2D eigenvalue weighted by molar-refractivity contribution is 5.92. The highest BCUT2D eigenvalue weighted by Gasteiger charge is 2.12. The van der Waals surface area contributed by atoms with Crippen LogP contribution in [0.4, 0.5) is 5.69 Å². The summed E-state index contributed by atoms with van der Waals surface area (Å²) in [6.07, 6.45) is 0.857. The molecule has 0 saturated carbocycles. The van der Waals surface area contributed by atoms with Crippen LogP contribution in [-0.2, 0) is 11.2 Å². The largest absolute Gasteiger partial charge is 0.497 e. The van der Waals surface area contributed by atoms with Crippen molar-refractivity contribution in [2.75, 3.05) is 33.8 Å². The first kappa shape index (κ1) is 19.4. The Morgan fingerprint density at radius 3 is 2.15 bits per heavy atom. The number of carbonyl (C=O) groups is 1. The summed E-state index contributed by atoms with van der Waals surface area (Å²) in [5, 5.41) is 2.93. The topological polar surface area (TPSA) is 66.0 Å². The molecule has 0 radical (unpaired) electrons. The van der Waals surface area contributed by atoms with Gasteiger partial charge < -0.3 is 24.3 Å². The molecule has 0 aromatic heterocycles. The van der Waals surface area contributed by atoms with Crippen molar-refractivity contribution in [2.45, 2.75) is 19.8 Å². The van der Waals surface area contributed by atoms with E-state index in [1.54, 1.807) is 34.5 Å². The molecule has 0 unspecified atom stereocenters. The average Bonchev–Trinajstić information content (AvgIpc) is 2.67. The zero-order valence-electron chi connectivity index (χ0n) is 15.8. The molecular formula is C20H25NO5. The summed E-state index contributed by atoms with van der Waals surface area (Å²) >= 11 is 0. The van der Waals surface area contributed by atoms with Crippen molar-refractivity contribution >= 4 is 11.6 Å². The average molecular weight is 359 g/mol. The predicted molar refractivity (Wildman–Crippen MR) is 101 cm³/mol. The molecule has 1 amide bonds. The Morgan fingerprint density at radius 1 is 0.885 bits per heavy atom. The van der Waals surface area contributed by atoms with Gasteiger partial charge in [0.15, 0.2) is 11.5 Å². The third-order valence-corrected chi connectivity index (χ3v) is 4.11. The van der Waals surface area contributed by atoms with Gasteiger partial charge in [0.05, 0.1) is 28.4 Å². The lowest BCUT2D eigenvalue weighted by Gasteiger charge is -2.14. The Labute approximate surface area is 154 Å². The van der Waals surface area contributed by atoms with Gasteiger partial charge in [0, 0.05) is 18.2 Å². The number of benzene rings is 2. The maximum atomic E-state index is 12.4. The smallest absolute Gasteiger partial charge is 0.224 e. The number of aryl methyl sites for hydroxylation is 2. The summed E-state index contributed by atoms with van der Waals surface area (Å²) in [6.45, 7) is 1.91. The van der Waals surface area contributed by atoms with Crippen molar-refractivity contribution in [2.24, 2.45) is 0 Å². The molecule has 2 rings (SSSR count). The fourth-order valence-electron chi connectivity index (χ4n) is 2.65. The van der Waals surface area contributed by atoms with Gasteiger partial charge in [0.1, 0.15) is 11.5 Å². The molecule has 0 atom stereocenters. The third-order valence-electron chi connectivity index (χ3n) is 4.11. The monoisotopic (exact) mass is 359 g/mol. The van der Waals surface area contributed by atoms with Crippen molar-refractivity contribution in [3.05, 3.63) is 41.5 Å². The first-order chi connectivity index (χ1) is 12.5. The molecule has 0 spiro atoms. The van der Waals surface area contributed by atoms with E-state index in [1.165, 1.54) is 0 Å². The number of carbonyl (C=O) groups excluding carboxylic acids is 1. The lowest BCUT2D eigenvalue weighted by molar-refractivity contribution is -0.116. The molecular weight excluding hydrogens is 334 g/mol. The molecule has 6 nitrogen and oxygen atoms in total. The minimum atomic E-state index is -0.0924. The second-order valence-electron chi connectivity index (χ2n) is 5.75. The maximum Gasteiger partial charge on any atom is 0.224 e. The van der Waals surface area contributed by atoms with Gasteiger partial charge in [0.2, 0.25) is 5.91 Å². The lowest BCUT2D eigenvalue weighted by atomic mass is 10.1. The van der Waals surface area contributed by atoms with E-state index >= 15 is 0 Å². The van der Waals surface area contributed by atoms with Crippen LogP contribution in [0.2, 0.25) is 0 Å². The van der Waals surface area contributed by atoms with Gasteiger partial charge in [-0.15, -0.1) is 0 Å². The molecule has 2 aromatic rings. The highest BCUT2D eigenvalue weighted by Crippen LogP contribution is 2.33. The number of hydrogen-bond acceptors (Lipinski definition) is 5. The fraction of sp³-hybridized carbons (Fsp3) is 0.350. The zero-order chi connectivity index (χ0) is 19.1. The minimum Gasteiger partial charge on any atom is -0.497 e. The summed E-state index contributed by atoms with van der Waals surface area (Å²) in [7, 11) is 6.36. The van der Waals surface area contributed by atoms with Gasteiger partial charge in [-0.05, 0) is 48.7 Å². The molecule has 6 heteroatoms. The summed E-state index contributed by atoms with van der Waals surface area (Å²) in [4.78, 5) is 12.4. The van der Waals surface area contributed by atoms with Crippen molar-refractivity contribution in [1.29, 1.82) is 0 Å². The number of amides is 1. The van der Waals surface area contributed by atoms with Crippen LogP contribution in [-0.4, -0.2) is 34.3 Å². The lowest BCUT2D eigenvalue weighted by Crippen LogP contribution is -2.13. The van der Waals surface area contributed by atoms with E-state index in [-0.39, 0.29) is 5.91 Å². The third kappa shape index (κ3) is 4.59. The quantitative estimate of drug-likeness (QED) is 0.780. The van der Waals surface area contributed by atoms with Crippen LogP contribution >= 0.6 is 0 Å². The van der Waals surface area contributed by atoms with Crippen molar-refractivity contribution in [3.63, 3.8) is 0 Å². The molecule has 26 heavy (non-hydrogen) atoms. The number of anilines is 1. The van der Waals surface area contributed by atoms with Crippen LogP contribution in [0, 0.1) is 6.92 Å². The Morgan fingerprint density at radius 2 is 1.54 bits per heavy atom. The SMILES string of the molecule is COc1ccc(OC)c(CCC(=O)Nc2cc(OC)c(OC)cc2C)c1. The predicted octanol–water partition coefficient (Wildman–Crippen LogP) is 3.60. The summed E-state index contributed by atoms with van der Waals surface area (Å²) in [6, 6.07) is 9.14. The van der Waals surface area contributed by atoms with Crippen molar-refractivity contribution < 1.29 is 23.7 Å². The molecule has 0 saturated heterocycles.